The van der Waals surface area contributed by atoms with Crippen LogP contribution in [0.4, 0.5) is 0 Å². The van der Waals surface area contributed by atoms with Crippen LogP contribution in [0.15, 0.2) is 29.6 Å². The summed E-state index contributed by atoms with van der Waals surface area (Å²) in [6.45, 7) is 0. The largest absolute Gasteiger partial charge is 0.481 e. The highest BCUT2D eigenvalue weighted by molar-refractivity contribution is 7.17. The number of carbonyl (C=O) groups is 2. The summed E-state index contributed by atoms with van der Waals surface area (Å²) in [4.78, 5) is 25.0. The molecule has 3 rings (SSSR count). The molecule has 1 saturated heterocycles. The Kier molecular flexibility index (Phi) is 3.22. The van der Waals surface area contributed by atoms with Crippen LogP contribution in [0, 0.1) is 5.92 Å². The molecule has 1 aromatic heterocycles. The summed E-state index contributed by atoms with van der Waals surface area (Å²) in [5, 5.41) is 12.5. The Balaban J connectivity index is 2.12. The maximum absolute atomic E-state index is 11.9. The van der Waals surface area contributed by atoms with Crippen molar-refractivity contribution in [2.24, 2.45) is 5.92 Å². The minimum Gasteiger partial charge on any atom is -0.481 e. The van der Waals surface area contributed by atoms with Gasteiger partial charge in [-0.15, -0.1) is 11.3 Å². The third kappa shape index (κ3) is 1.98. The highest BCUT2D eigenvalue weighted by atomic mass is 32.1. The second-order valence-electron chi connectivity index (χ2n) is 5.12. The summed E-state index contributed by atoms with van der Waals surface area (Å²) in [5.41, 5.74) is 0.952. The van der Waals surface area contributed by atoms with Crippen LogP contribution in [0.5, 0.6) is 0 Å². The third-order valence-corrected chi connectivity index (χ3v) is 4.99. The van der Waals surface area contributed by atoms with Crippen molar-refractivity contribution in [2.75, 3.05) is 7.05 Å². The number of aliphatic carboxylic acids is 1. The molecule has 1 amide bonds. The van der Waals surface area contributed by atoms with Gasteiger partial charge in [0, 0.05) is 18.2 Å². The molecule has 0 bridgehead atoms. The number of thiophene rings is 1. The fourth-order valence-corrected chi connectivity index (χ4v) is 3.94. The number of fused-ring (bicyclic) bond motifs is 1. The number of rotatable bonds is 2. The number of carboxylic acids is 1. The smallest absolute Gasteiger partial charge is 0.308 e. The van der Waals surface area contributed by atoms with Gasteiger partial charge in [-0.3, -0.25) is 9.59 Å². The molecule has 0 radical (unpaired) electrons. The minimum atomic E-state index is -0.829. The third-order valence-electron chi connectivity index (χ3n) is 4.01. The predicted molar refractivity (Wildman–Crippen MR) is 77.7 cm³/mol. The lowest BCUT2D eigenvalue weighted by Crippen LogP contribution is -2.42. The molecule has 2 unspecified atom stereocenters. The molecular weight excluding hydrogens is 274 g/mol. The van der Waals surface area contributed by atoms with Crippen LogP contribution in [0.2, 0.25) is 0 Å². The first-order valence-corrected chi connectivity index (χ1v) is 7.42. The molecule has 0 aliphatic carbocycles. The molecule has 0 saturated carbocycles. The van der Waals surface area contributed by atoms with Gasteiger partial charge < -0.3 is 10.0 Å². The molecule has 1 aliphatic heterocycles. The summed E-state index contributed by atoms with van der Waals surface area (Å²) >= 11 is 1.59. The Morgan fingerprint density at radius 2 is 2.15 bits per heavy atom. The van der Waals surface area contributed by atoms with Crippen LogP contribution < -0.4 is 0 Å². The maximum Gasteiger partial charge on any atom is 0.308 e. The lowest BCUT2D eigenvalue weighted by molar-refractivity contribution is -0.150. The molecule has 104 valence electrons. The normalized spacial score (nSPS) is 23.2. The predicted octanol–water partition coefficient (Wildman–Crippen LogP) is 2.90. The number of amides is 1. The topological polar surface area (TPSA) is 57.6 Å². The number of hydrogen-bond donors (Lipinski definition) is 1. The SMILES string of the molecule is CN1C(=O)CCC(C(=O)O)C1c1csc2ccccc12. The maximum atomic E-state index is 11.9. The molecule has 1 fully saturated rings. The number of nitrogens with zero attached hydrogens (tertiary/aromatic N) is 1. The average Bonchev–Trinajstić information content (AvgIpc) is 2.85. The highest BCUT2D eigenvalue weighted by Gasteiger charge is 2.39. The van der Waals surface area contributed by atoms with Crippen molar-refractivity contribution >= 4 is 33.3 Å². The van der Waals surface area contributed by atoms with Crippen molar-refractivity contribution in [3.8, 4) is 0 Å². The first-order valence-electron chi connectivity index (χ1n) is 6.54. The Morgan fingerprint density at radius 1 is 1.40 bits per heavy atom. The molecule has 1 aromatic carbocycles. The zero-order valence-electron chi connectivity index (χ0n) is 11.1. The Bertz CT molecular complexity index is 679. The van der Waals surface area contributed by atoms with E-state index in [1.807, 2.05) is 29.6 Å². The second kappa shape index (κ2) is 4.90. The van der Waals surface area contributed by atoms with Gasteiger partial charge in [0.05, 0.1) is 12.0 Å². The number of carboxylic acid groups (broad SMARTS) is 1. The standard InChI is InChI=1S/C15H15NO3S/c1-16-13(17)7-6-10(15(18)19)14(16)11-8-20-12-5-3-2-4-9(11)12/h2-5,8,10,14H,6-7H2,1H3,(H,18,19). The van der Waals surface area contributed by atoms with E-state index in [0.717, 1.165) is 15.6 Å². The van der Waals surface area contributed by atoms with Crippen LogP contribution in [0.25, 0.3) is 10.1 Å². The van der Waals surface area contributed by atoms with Gasteiger partial charge in [-0.25, -0.2) is 0 Å². The van der Waals surface area contributed by atoms with Crippen LogP contribution >= 0.6 is 11.3 Å². The van der Waals surface area contributed by atoms with E-state index in [2.05, 4.69) is 0 Å². The number of benzene rings is 1. The van der Waals surface area contributed by atoms with E-state index < -0.39 is 11.9 Å². The molecule has 0 spiro atoms. The van der Waals surface area contributed by atoms with Gasteiger partial charge in [0.15, 0.2) is 0 Å². The Hall–Kier alpha value is -1.88. The first-order chi connectivity index (χ1) is 9.59. The van der Waals surface area contributed by atoms with Gasteiger partial charge in [-0.2, -0.15) is 0 Å². The zero-order valence-corrected chi connectivity index (χ0v) is 11.9. The molecule has 4 nitrogen and oxygen atoms in total. The monoisotopic (exact) mass is 289 g/mol. The summed E-state index contributed by atoms with van der Waals surface area (Å²) in [6, 6.07) is 7.55. The van der Waals surface area contributed by atoms with E-state index in [-0.39, 0.29) is 11.9 Å². The van der Waals surface area contributed by atoms with Crippen LogP contribution in [0.1, 0.15) is 24.4 Å². The Morgan fingerprint density at radius 3 is 2.90 bits per heavy atom. The van der Waals surface area contributed by atoms with Crippen LogP contribution in [-0.4, -0.2) is 28.9 Å². The van der Waals surface area contributed by atoms with E-state index in [4.69, 9.17) is 0 Å². The Labute approximate surface area is 120 Å². The molecule has 2 aromatic rings. The molecule has 2 atom stereocenters. The van der Waals surface area contributed by atoms with Gasteiger partial charge in [0.2, 0.25) is 5.91 Å². The molecule has 1 aliphatic rings. The van der Waals surface area contributed by atoms with Gasteiger partial charge in [-0.05, 0) is 28.8 Å². The molecule has 20 heavy (non-hydrogen) atoms. The lowest BCUT2D eigenvalue weighted by Gasteiger charge is -2.37. The van der Waals surface area contributed by atoms with Crippen molar-refractivity contribution in [3.63, 3.8) is 0 Å². The van der Waals surface area contributed by atoms with Gasteiger partial charge in [0.25, 0.3) is 0 Å². The number of likely N-dealkylation sites (tertiary alicyclic amines) is 1. The van der Waals surface area contributed by atoms with Crippen molar-refractivity contribution in [1.29, 1.82) is 0 Å². The zero-order chi connectivity index (χ0) is 14.3. The van der Waals surface area contributed by atoms with Crippen LogP contribution in [0.3, 0.4) is 0 Å². The summed E-state index contributed by atoms with van der Waals surface area (Å²) in [7, 11) is 1.70. The van der Waals surface area contributed by atoms with Crippen molar-refractivity contribution in [1.82, 2.24) is 4.90 Å². The first kappa shape index (κ1) is 13.1. The van der Waals surface area contributed by atoms with E-state index in [1.54, 1.807) is 23.3 Å². The summed E-state index contributed by atoms with van der Waals surface area (Å²) in [5.74, 6) is -1.34. The minimum absolute atomic E-state index is 0.0165. The van der Waals surface area contributed by atoms with Gasteiger partial charge >= 0.3 is 5.97 Å². The fourth-order valence-electron chi connectivity index (χ4n) is 2.95. The van der Waals surface area contributed by atoms with E-state index >= 15 is 0 Å². The fraction of sp³-hybridized carbons (Fsp3) is 0.333. The summed E-state index contributed by atoms with van der Waals surface area (Å²) < 4.78 is 1.12. The van der Waals surface area contributed by atoms with Gasteiger partial charge in [-0.1, -0.05) is 18.2 Å². The van der Waals surface area contributed by atoms with E-state index in [0.29, 0.717) is 12.8 Å². The second-order valence-corrected chi connectivity index (χ2v) is 6.03. The van der Waals surface area contributed by atoms with Crippen LogP contribution in [-0.2, 0) is 9.59 Å². The van der Waals surface area contributed by atoms with E-state index in [1.165, 1.54) is 0 Å². The van der Waals surface area contributed by atoms with Crippen molar-refractivity contribution < 1.29 is 14.7 Å². The number of piperidine rings is 1. The molecule has 5 heteroatoms. The van der Waals surface area contributed by atoms with Gasteiger partial charge in [0.1, 0.15) is 0 Å². The lowest BCUT2D eigenvalue weighted by atomic mass is 9.84. The quantitative estimate of drug-likeness (QED) is 0.924. The average molecular weight is 289 g/mol. The molecule has 2 heterocycles. The summed E-state index contributed by atoms with van der Waals surface area (Å²) in [6.07, 6.45) is 0.722. The number of carbonyl (C=O) groups excluding carboxylic acids is 1. The molecular formula is C15H15NO3S. The number of hydrogen-bond acceptors (Lipinski definition) is 3. The highest BCUT2D eigenvalue weighted by Crippen LogP contribution is 2.41. The van der Waals surface area contributed by atoms with Crippen molar-refractivity contribution in [3.05, 3.63) is 35.2 Å². The molecule has 1 N–H and O–H groups in total. The van der Waals surface area contributed by atoms with Crippen molar-refractivity contribution in [2.45, 2.75) is 18.9 Å². The van der Waals surface area contributed by atoms with E-state index in [9.17, 15) is 14.7 Å².